The summed E-state index contributed by atoms with van der Waals surface area (Å²) in [6.45, 7) is 17.4. The molecule has 1 nitrogen and oxygen atoms in total. The average molecular weight is 217 g/mol. The van der Waals surface area contributed by atoms with Gasteiger partial charge in [-0.3, -0.25) is 0 Å². The molecule has 88 valence electrons. The maximum absolute atomic E-state index is 6.27. The van der Waals surface area contributed by atoms with E-state index in [0.717, 1.165) is 6.42 Å². The Balaban J connectivity index is 3.29. The average Bonchev–Trinajstić information content (AvgIpc) is 2.09. The van der Waals surface area contributed by atoms with Crippen LogP contribution >= 0.6 is 0 Å². The van der Waals surface area contributed by atoms with Gasteiger partial charge in [0.05, 0.1) is 7.85 Å². The van der Waals surface area contributed by atoms with Gasteiger partial charge in [-0.05, 0) is 53.5 Å². The first-order chi connectivity index (χ1) is 7.19. The summed E-state index contributed by atoms with van der Waals surface area (Å²) in [5.41, 5.74) is 3.82. The van der Waals surface area contributed by atoms with Crippen molar-refractivity contribution in [2.75, 3.05) is 0 Å². The molecule has 0 bridgehead atoms. The minimum atomic E-state index is 0.00194. The van der Waals surface area contributed by atoms with Gasteiger partial charge < -0.3 is 4.90 Å². The summed E-state index contributed by atoms with van der Waals surface area (Å²) < 4.78 is 0. The van der Waals surface area contributed by atoms with E-state index in [1.54, 1.807) is 0 Å². The zero-order chi connectivity index (χ0) is 12.7. The molecule has 1 atom stereocenters. The standard InChI is InChI=1S/C14H24BN/c1-9(2)13-11(5)8-12(15)14(6,7)16(13)10(3)4/h10,12H,5,8H2,1-4,6-7H3. The Morgan fingerprint density at radius 3 is 2.31 bits per heavy atom. The maximum Gasteiger partial charge on any atom is 0.0735 e. The summed E-state index contributed by atoms with van der Waals surface area (Å²) in [6, 6.07) is 0.447. The van der Waals surface area contributed by atoms with E-state index in [1.165, 1.54) is 16.8 Å². The summed E-state index contributed by atoms with van der Waals surface area (Å²) in [7, 11) is 6.27. The fraction of sp³-hybridized carbons (Fsp3) is 0.714. The molecule has 1 aliphatic rings. The van der Waals surface area contributed by atoms with E-state index in [2.05, 4.69) is 53.0 Å². The summed E-state index contributed by atoms with van der Waals surface area (Å²) >= 11 is 0. The molecule has 0 N–H and O–H groups in total. The van der Waals surface area contributed by atoms with E-state index in [0.29, 0.717) is 6.04 Å². The molecule has 0 aromatic rings. The molecule has 0 saturated carbocycles. The quantitative estimate of drug-likeness (QED) is 0.605. The lowest BCUT2D eigenvalue weighted by Gasteiger charge is -2.53. The molecule has 1 rings (SSSR count). The van der Waals surface area contributed by atoms with E-state index in [9.17, 15) is 0 Å². The van der Waals surface area contributed by atoms with Crippen LogP contribution in [0.1, 0.15) is 48.0 Å². The SMILES string of the molecule is [B]C1CC(=C)C(=C(C)C)N(C(C)C)C1(C)C. The van der Waals surface area contributed by atoms with Gasteiger partial charge in [0.15, 0.2) is 0 Å². The Morgan fingerprint density at radius 1 is 1.44 bits per heavy atom. The Kier molecular flexibility index (Phi) is 3.61. The number of likely N-dealkylation sites (tertiary alicyclic amines) is 1. The molecule has 0 aliphatic carbocycles. The second-order valence-electron chi connectivity index (χ2n) is 5.88. The van der Waals surface area contributed by atoms with E-state index in [4.69, 9.17) is 7.85 Å². The number of rotatable bonds is 1. The van der Waals surface area contributed by atoms with Crippen molar-refractivity contribution in [3.63, 3.8) is 0 Å². The smallest absolute Gasteiger partial charge is 0.0735 e. The Bertz CT molecular complexity index is 322. The van der Waals surface area contributed by atoms with Crippen molar-refractivity contribution in [2.24, 2.45) is 0 Å². The third-order valence-electron chi connectivity index (χ3n) is 3.56. The first kappa shape index (κ1) is 13.4. The van der Waals surface area contributed by atoms with Crippen LogP contribution in [0.5, 0.6) is 0 Å². The largest absolute Gasteiger partial charge is 0.364 e. The van der Waals surface area contributed by atoms with Gasteiger partial charge in [0.2, 0.25) is 0 Å². The highest BCUT2D eigenvalue weighted by molar-refractivity contribution is 6.13. The lowest BCUT2D eigenvalue weighted by molar-refractivity contribution is 0.105. The fourth-order valence-electron chi connectivity index (χ4n) is 2.77. The third kappa shape index (κ3) is 2.07. The van der Waals surface area contributed by atoms with Crippen molar-refractivity contribution in [1.82, 2.24) is 4.90 Å². The van der Waals surface area contributed by atoms with Crippen molar-refractivity contribution in [3.05, 3.63) is 23.4 Å². The summed E-state index contributed by atoms with van der Waals surface area (Å²) in [6.07, 6.45) is 0.900. The van der Waals surface area contributed by atoms with Gasteiger partial charge >= 0.3 is 0 Å². The predicted octanol–water partition coefficient (Wildman–Crippen LogP) is 3.69. The zero-order valence-electron chi connectivity index (χ0n) is 11.6. The van der Waals surface area contributed by atoms with Crippen LogP contribution in [0.25, 0.3) is 0 Å². The molecular formula is C14H24BN. The monoisotopic (exact) mass is 217 g/mol. The van der Waals surface area contributed by atoms with Gasteiger partial charge in [-0.2, -0.15) is 0 Å². The second kappa shape index (κ2) is 4.31. The van der Waals surface area contributed by atoms with Crippen molar-refractivity contribution in [3.8, 4) is 0 Å². The number of piperidine rings is 1. The number of hydrogen-bond donors (Lipinski definition) is 0. The fourth-order valence-corrected chi connectivity index (χ4v) is 2.77. The summed E-state index contributed by atoms with van der Waals surface area (Å²) in [4.78, 5) is 2.43. The molecule has 1 aliphatic heterocycles. The minimum absolute atomic E-state index is 0.00194. The zero-order valence-corrected chi connectivity index (χ0v) is 11.6. The van der Waals surface area contributed by atoms with E-state index in [-0.39, 0.29) is 11.4 Å². The molecule has 1 heterocycles. The number of allylic oxidation sites excluding steroid dienone is 2. The molecule has 0 aromatic heterocycles. The molecule has 1 unspecified atom stereocenters. The van der Waals surface area contributed by atoms with Crippen LogP contribution in [0.3, 0.4) is 0 Å². The van der Waals surface area contributed by atoms with Crippen molar-refractivity contribution in [1.29, 1.82) is 0 Å². The Hall–Kier alpha value is -0.655. The van der Waals surface area contributed by atoms with Gasteiger partial charge in [-0.25, -0.2) is 0 Å². The highest BCUT2D eigenvalue weighted by Gasteiger charge is 2.40. The lowest BCUT2D eigenvalue weighted by Crippen LogP contribution is -2.53. The number of hydrogen-bond acceptors (Lipinski definition) is 1. The van der Waals surface area contributed by atoms with Crippen LogP contribution in [0.15, 0.2) is 23.4 Å². The molecule has 0 amide bonds. The normalized spacial score (nSPS) is 25.2. The second-order valence-corrected chi connectivity index (χ2v) is 5.88. The van der Waals surface area contributed by atoms with E-state index in [1.807, 2.05) is 0 Å². The van der Waals surface area contributed by atoms with Gasteiger partial charge in [0, 0.05) is 17.3 Å². The minimum Gasteiger partial charge on any atom is -0.364 e. The van der Waals surface area contributed by atoms with Crippen LogP contribution < -0.4 is 0 Å². The molecule has 16 heavy (non-hydrogen) atoms. The van der Waals surface area contributed by atoms with Gasteiger partial charge in [-0.1, -0.05) is 18.0 Å². The first-order valence-electron chi connectivity index (χ1n) is 6.10. The molecule has 2 heteroatoms. The van der Waals surface area contributed by atoms with Crippen molar-refractivity contribution >= 4 is 7.85 Å². The molecule has 2 radical (unpaired) electrons. The predicted molar refractivity (Wildman–Crippen MR) is 72.7 cm³/mol. The van der Waals surface area contributed by atoms with Crippen LogP contribution in [0, 0.1) is 0 Å². The van der Waals surface area contributed by atoms with Gasteiger partial charge in [-0.15, -0.1) is 0 Å². The highest BCUT2D eigenvalue weighted by Crippen LogP contribution is 2.44. The Labute approximate surface area is 102 Å². The van der Waals surface area contributed by atoms with Crippen LogP contribution in [0.4, 0.5) is 0 Å². The van der Waals surface area contributed by atoms with Gasteiger partial charge in [0.1, 0.15) is 0 Å². The molecule has 0 aromatic carbocycles. The van der Waals surface area contributed by atoms with Crippen molar-refractivity contribution in [2.45, 2.75) is 65.4 Å². The lowest BCUT2D eigenvalue weighted by atomic mass is 9.65. The van der Waals surface area contributed by atoms with Gasteiger partial charge in [0.25, 0.3) is 0 Å². The molecule has 0 spiro atoms. The maximum atomic E-state index is 6.27. The van der Waals surface area contributed by atoms with Crippen LogP contribution in [-0.2, 0) is 0 Å². The molecular weight excluding hydrogens is 193 g/mol. The topological polar surface area (TPSA) is 3.24 Å². The van der Waals surface area contributed by atoms with E-state index < -0.39 is 0 Å². The van der Waals surface area contributed by atoms with Crippen molar-refractivity contribution < 1.29 is 0 Å². The van der Waals surface area contributed by atoms with E-state index >= 15 is 0 Å². The third-order valence-corrected chi connectivity index (χ3v) is 3.56. The number of nitrogens with zero attached hydrogens (tertiary/aromatic N) is 1. The summed E-state index contributed by atoms with van der Waals surface area (Å²) in [5.74, 6) is 0.158. The Morgan fingerprint density at radius 2 is 1.94 bits per heavy atom. The molecule has 1 saturated heterocycles. The summed E-state index contributed by atoms with van der Waals surface area (Å²) in [5, 5.41) is 0. The first-order valence-corrected chi connectivity index (χ1v) is 6.10. The van der Waals surface area contributed by atoms with Crippen LogP contribution in [0.2, 0.25) is 5.82 Å². The molecule has 1 fully saturated rings. The highest BCUT2D eigenvalue weighted by atomic mass is 15.2. The van der Waals surface area contributed by atoms with Crippen LogP contribution in [-0.4, -0.2) is 24.3 Å².